The molecule has 0 spiro atoms. The van der Waals surface area contributed by atoms with Crippen LogP contribution in [0, 0.1) is 19.8 Å². The first-order chi connectivity index (χ1) is 8.16. The van der Waals surface area contributed by atoms with Gasteiger partial charge in [-0.25, -0.2) is 4.98 Å². The van der Waals surface area contributed by atoms with E-state index in [0.29, 0.717) is 0 Å². The van der Waals surface area contributed by atoms with Gasteiger partial charge in [0.2, 0.25) is 5.95 Å². The van der Waals surface area contributed by atoms with Crippen molar-refractivity contribution >= 4 is 5.95 Å². The van der Waals surface area contributed by atoms with Crippen LogP contribution in [0.5, 0.6) is 0 Å². The molecule has 0 radical (unpaired) electrons. The molecule has 1 fully saturated rings. The molecule has 0 aliphatic carbocycles. The summed E-state index contributed by atoms with van der Waals surface area (Å²) < 4.78 is 0. The minimum atomic E-state index is 0.742. The summed E-state index contributed by atoms with van der Waals surface area (Å²) in [5.74, 6) is 1.48. The number of nitrogens with zero attached hydrogens (tertiary/aromatic N) is 4. The lowest BCUT2D eigenvalue weighted by molar-refractivity contribution is 0.376. The van der Waals surface area contributed by atoms with Gasteiger partial charge >= 0.3 is 0 Å². The highest BCUT2D eigenvalue weighted by atomic mass is 15.3. The summed E-state index contributed by atoms with van der Waals surface area (Å²) >= 11 is 0. The van der Waals surface area contributed by atoms with Crippen LogP contribution < -0.4 is 10.2 Å². The summed E-state index contributed by atoms with van der Waals surface area (Å²) in [4.78, 5) is 6.60. The predicted molar refractivity (Wildman–Crippen MR) is 68.2 cm³/mol. The Hall–Kier alpha value is -1.23. The van der Waals surface area contributed by atoms with Crippen LogP contribution in [0.15, 0.2) is 0 Å². The molecule has 0 saturated carbocycles. The van der Waals surface area contributed by atoms with Crippen LogP contribution >= 0.6 is 0 Å². The maximum Gasteiger partial charge on any atom is 0.245 e. The van der Waals surface area contributed by atoms with Crippen LogP contribution in [0.2, 0.25) is 0 Å². The Morgan fingerprint density at radius 3 is 2.53 bits per heavy atom. The fourth-order valence-electron chi connectivity index (χ4n) is 2.14. The number of anilines is 1. The van der Waals surface area contributed by atoms with Gasteiger partial charge < -0.3 is 10.2 Å². The van der Waals surface area contributed by atoms with Crippen molar-refractivity contribution in [3.63, 3.8) is 0 Å². The minimum absolute atomic E-state index is 0.742. The molecule has 1 aromatic heterocycles. The molecule has 0 aromatic carbocycles. The molecule has 17 heavy (non-hydrogen) atoms. The van der Waals surface area contributed by atoms with E-state index in [1.54, 1.807) is 0 Å². The van der Waals surface area contributed by atoms with Crippen molar-refractivity contribution in [2.45, 2.75) is 26.7 Å². The SMILES string of the molecule is Cc1nnc(N(C)CC2CCNCC2)nc1C. The van der Waals surface area contributed by atoms with E-state index in [9.17, 15) is 0 Å². The second-order valence-electron chi connectivity index (χ2n) is 4.86. The first-order valence-corrected chi connectivity index (χ1v) is 6.26. The fourth-order valence-corrected chi connectivity index (χ4v) is 2.14. The lowest BCUT2D eigenvalue weighted by Crippen LogP contribution is -2.35. The highest BCUT2D eigenvalue weighted by Gasteiger charge is 2.16. The van der Waals surface area contributed by atoms with Crippen molar-refractivity contribution in [3.05, 3.63) is 11.4 Å². The van der Waals surface area contributed by atoms with Gasteiger partial charge in [-0.2, -0.15) is 5.10 Å². The van der Waals surface area contributed by atoms with Gasteiger partial charge in [0.15, 0.2) is 0 Å². The third-order valence-electron chi connectivity index (χ3n) is 3.41. The summed E-state index contributed by atoms with van der Waals surface area (Å²) in [6, 6.07) is 0. The van der Waals surface area contributed by atoms with Crippen LogP contribution in [0.4, 0.5) is 5.95 Å². The zero-order valence-corrected chi connectivity index (χ0v) is 10.9. The summed E-state index contributed by atoms with van der Waals surface area (Å²) in [6.45, 7) is 7.19. The smallest absolute Gasteiger partial charge is 0.245 e. The van der Waals surface area contributed by atoms with Crippen molar-refractivity contribution in [3.8, 4) is 0 Å². The second-order valence-corrected chi connectivity index (χ2v) is 4.86. The maximum atomic E-state index is 4.47. The maximum absolute atomic E-state index is 4.47. The monoisotopic (exact) mass is 235 g/mol. The zero-order valence-electron chi connectivity index (χ0n) is 10.9. The molecule has 0 atom stereocenters. The zero-order chi connectivity index (χ0) is 12.3. The van der Waals surface area contributed by atoms with Crippen LogP contribution in [0.25, 0.3) is 0 Å². The van der Waals surface area contributed by atoms with Gasteiger partial charge in [0, 0.05) is 13.6 Å². The van der Waals surface area contributed by atoms with Crippen molar-refractivity contribution in [1.29, 1.82) is 0 Å². The van der Waals surface area contributed by atoms with Gasteiger partial charge in [-0.1, -0.05) is 0 Å². The van der Waals surface area contributed by atoms with Crippen molar-refractivity contribution in [1.82, 2.24) is 20.5 Å². The van der Waals surface area contributed by atoms with E-state index in [1.807, 2.05) is 20.9 Å². The standard InChI is InChI=1S/C12H21N5/c1-9-10(2)15-16-12(14-9)17(3)8-11-4-6-13-7-5-11/h11,13H,4-8H2,1-3H3. The quantitative estimate of drug-likeness (QED) is 0.844. The Balaban J connectivity index is 1.98. The average Bonchev–Trinajstić information content (AvgIpc) is 2.34. The Morgan fingerprint density at radius 2 is 1.88 bits per heavy atom. The number of piperidine rings is 1. The Labute approximate surface area is 103 Å². The minimum Gasteiger partial charge on any atom is -0.342 e. The van der Waals surface area contributed by atoms with Gasteiger partial charge in [-0.15, -0.1) is 5.10 Å². The fraction of sp³-hybridized carbons (Fsp3) is 0.750. The summed E-state index contributed by atoms with van der Waals surface area (Å²) in [5, 5.41) is 11.7. The molecular formula is C12H21N5. The first-order valence-electron chi connectivity index (χ1n) is 6.26. The number of hydrogen-bond donors (Lipinski definition) is 1. The molecule has 1 aliphatic rings. The van der Waals surface area contributed by atoms with Crippen molar-refractivity contribution in [2.75, 3.05) is 31.6 Å². The Morgan fingerprint density at radius 1 is 1.18 bits per heavy atom. The van der Waals surface area contributed by atoms with E-state index < -0.39 is 0 Å². The molecule has 5 nitrogen and oxygen atoms in total. The summed E-state index contributed by atoms with van der Waals surface area (Å²) in [6.07, 6.45) is 2.48. The normalized spacial score (nSPS) is 17.1. The lowest BCUT2D eigenvalue weighted by Gasteiger charge is -2.27. The summed E-state index contributed by atoms with van der Waals surface area (Å²) in [7, 11) is 2.05. The molecule has 2 heterocycles. The molecule has 1 N–H and O–H groups in total. The third-order valence-corrected chi connectivity index (χ3v) is 3.41. The van der Waals surface area contributed by atoms with Gasteiger partial charge in [0.25, 0.3) is 0 Å². The van der Waals surface area contributed by atoms with E-state index in [0.717, 1.165) is 42.9 Å². The highest BCUT2D eigenvalue weighted by molar-refractivity contribution is 5.28. The lowest BCUT2D eigenvalue weighted by atomic mass is 9.98. The molecule has 0 amide bonds. The Bertz CT molecular complexity index is 373. The third kappa shape index (κ3) is 3.12. The van der Waals surface area contributed by atoms with E-state index in [-0.39, 0.29) is 0 Å². The van der Waals surface area contributed by atoms with Crippen molar-refractivity contribution < 1.29 is 0 Å². The summed E-state index contributed by atoms with van der Waals surface area (Å²) in [5.41, 5.74) is 1.87. The van der Waals surface area contributed by atoms with Gasteiger partial charge in [0.1, 0.15) is 0 Å². The van der Waals surface area contributed by atoms with Gasteiger partial charge in [-0.3, -0.25) is 0 Å². The Kier molecular flexibility index (Phi) is 3.89. The van der Waals surface area contributed by atoms with E-state index in [1.165, 1.54) is 12.8 Å². The second kappa shape index (κ2) is 5.40. The van der Waals surface area contributed by atoms with E-state index in [2.05, 4.69) is 25.4 Å². The molecule has 2 rings (SSSR count). The number of aryl methyl sites for hydroxylation is 2. The van der Waals surface area contributed by atoms with Crippen LogP contribution in [-0.4, -0.2) is 41.9 Å². The number of hydrogen-bond acceptors (Lipinski definition) is 5. The molecule has 1 saturated heterocycles. The molecule has 0 unspecified atom stereocenters. The number of aromatic nitrogens is 3. The molecule has 0 bridgehead atoms. The number of rotatable bonds is 3. The average molecular weight is 235 g/mol. The van der Waals surface area contributed by atoms with Gasteiger partial charge in [-0.05, 0) is 45.7 Å². The van der Waals surface area contributed by atoms with Gasteiger partial charge in [0.05, 0.1) is 11.4 Å². The first kappa shape index (κ1) is 12.2. The topological polar surface area (TPSA) is 53.9 Å². The van der Waals surface area contributed by atoms with Crippen molar-refractivity contribution in [2.24, 2.45) is 5.92 Å². The highest BCUT2D eigenvalue weighted by Crippen LogP contribution is 2.15. The van der Waals surface area contributed by atoms with Crippen LogP contribution in [0.3, 0.4) is 0 Å². The molecular weight excluding hydrogens is 214 g/mol. The predicted octanol–water partition coefficient (Wildman–Crippen LogP) is 0.924. The van der Waals surface area contributed by atoms with Crippen LogP contribution in [-0.2, 0) is 0 Å². The molecule has 5 heteroatoms. The molecule has 1 aromatic rings. The van der Waals surface area contributed by atoms with E-state index >= 15 is 0 Å². The molecule has 1 aliphatic heterocycles. The number of nitrogens with one attached hydrogen (secondary N) is 1. The van der Waals surface area contributed by atoms with Crippen LogP contribution in [0.1, 0.15) is 24.2 Å². The largest absolute Gasteiger partial charge is 0.342 e. The molecule has 94 valence electrons. The van der Waals surface area contributed by atoms with E-state index in [4.69, 9.17) is 0 Å².